The van der Waals surface area contributed by atoms with E-state index in [9.17, 15) is 4.79 Å². The lowest BCUT2D eigenvalue weighted by atomic mass is 10.1. The zero-order valence-electron chi connectivity index (χ0n) is 14.5. The Labute approximate surface area is 181 Å². The summed E-state index contributed by atoms with van der Waals surface area (Å²) >= 11 is 24.3. The Hall–Kier alpha value is -2.04. The van der Waals surface area contributed by atoms with Gasteiger partial charge in [-0.05, 0) is 48.9 Å². The predicted molar refractivity (Wildman–Crippen MR) is 116 cm³/mol. The molecule has 4 rings (SSSR count). The first-order valence-corrected chi connectivity index (χ1v) is 9.81. The second kappa shape index (κ2) is 7.41. The van der Waals surface area contributed by atoms with Crippen molar-refractivity contribution < 1.29 is 4.79 Å². The second-order valence-corrected chi connectivity index (χ2v) is 7.97. The van der Waals surface area contributed by atoms with Crippen LogP contribution in [-0.4, -0.2) is 15.7 Å². The molecule has 0 aliphatic heterocycles. The topological polar surface area (TPSA) is 34.9 Å². The summed E-state index contributed by atoms with van der Waals surface area (Å²) < 4.78 is 1.37. The molecular weight excluding hydrogens is 438 g/mol. The number of halogens is 4. The van der Waals surface area contributed by atoms with Gasteiger partial charge in [0.15, 0.2) is 0 Å². The number of carbonyl (C=O) groups is 1. The number of hydrogen-bond acceptors (Lipinski definition) is 2. The number of aromatic nitrogens is 2. The fourth-order valence-corrected chi connectivity index (χ4v) is 3.58. The van der Waals surface area contributed by atoms with Gasteiger partial charge in [-0.25, -0.2) is 0 Å². The van der Waals surface area contributed by atoms with Crippen LogP contribution in [0.2, 0.25) is 20.1 Å². The molecule has 0 atom stereocenters. The lowest BCUT2D eigenvalue weighted by molar-refractivity contribution is 0.0951. The summed E-state index contributed by atoms with van der Waals surface area (Å²) in [5, 5.41) is 6.99. The Morgan fingerprint density at radius 1 is 0.821 bits per heavy atom. The van der Waals surface area contributed by atoms with Gasteiger partial charge in [0.25, 0.3) is 5.91 Å². The van der Waals surface area contributed by atoms with Gasteiger partial charge in [-0.2, -0.15) is 9.78 Å². The summed E-state index contributed by atoms with van der Waals surface area (Å²) in [6.07, 6.45) is 0. The average Bonchev–Trinajstić information content (AvgIpc) is 3.04. The monoisotopic (exact) mass is 448 g/mol. The Kier molecular flexibility index (Phi) is 5.11. The molecule has 0 unspecified atom stereocenters. The van der Waals surface area contributed by atoms with Gasteiger partial charge in [0, 0.05) is 16.5 Å². The third-order valence-corrected chi connectivity index (χ3v) is 5.87. The standard InChI is InChI=1S/C21H12Cl4N2O/c1-11-2-5-14-19(8-11)27(21(28)13-4-7-16(23)18(25)10-13)26-20(14)12-3-6-15(22)17(24)9-12/h2-10H,1H3. The van der Waals surface area contributed by atoms with Gasteiger partial charge in [0.05, 0.1) is 25.6 Å². The zero-order valence-corrected chi connectivity index (χ0v) is 17.5. The van der Waals surface area contributed by atoms with Gasteiger partial charge >= 0.3 is 0 Å². The predicted octanol–water partition coefficient (Wildman–Crippen LogP) is 7.31. The van der Waals surface area contributed by atoms with E-state index in [4.69, 9.17) is 46.4 Å². The van der Waals surface area contributed by atoms with E-state index in [1.54, 1.807) is 24.3 Å². The molecular formula is C21H12Cl4N2O. The first-order chi connectivity index (χ1) is 13.3. The summed E-state index contributed by atoms with van der Waals surface area (Å²) in [5.41, 5.74) is 3.50. The quantitative estimate of drug-likeness (QED) is 0.321. The average molecular weight is 450 g/mol. The Bertz CT molecular complexity index is 1250. The van der Waals surface area contributed by atoms with E-state index in [0.717, 1.165) is 16.5 Å². The van der Waals surface area contributed by atoms with Crippen molar-refractivity contribution in [3.63, 3.8) is 0 Å². The van der Waals surface area contributed by atoms with E-state index in [1.165, 1.54) is 10.7 Å². The highest BCUT2D eigenvalue weighted by molar-refractivity contribution is 6.42. The smallest absolute Gasteiger partial charge is 0.267 e. The highest BCUT2D eigenvalue weighted by Crippen LogP contribution is 2.33. The zero-order chi connectivity index (χ0) is 20.0. The Balaban J connectivity index is 1.93. The molecule has 3 aromatic carbocycles. The first kappa shape index (κ1) is 19.3. The van der Waals surface area contributed by atoms with Crippen molar-refractivity contribution in [1.29, 1.82) is 0 Å². The van der Waals surface area contributed by atoms with Gasteiger partial charge < -0.3 is 0 Å². The van der Waals surface area contributed by atoms with Gasteiger partial charge in [-0.1, -0.05) is 64.6 Å². The molecule has 0 aliphatic rings. The van der Waals surface area contributed by atoms with Crippen molar-refractivity contribution in [3.8, 4) is 11.3 Å². The molecule has 1 heterocycles. The van der Waals surface area contributed by atoms with E-state index in [1.807, 2.05) is 31.2 Å². The van der Waals surface area contributed by atoms with Crippen molar-refractivity contribution in [2.24, 2.45) is 0 Å². The number of aryl methyl sites for hydroxylation is 1. The van der Waals surface area contributed by atoms with Crippen LogP contribution in [0.15, 0.2) is 54.6 Å². The third kappa shape index (κ3) is 3.40. The van der Waals surface area contributed by atoms with E-state index in [-0.39, 0.29) is 5.91 Å². The van der Waals surface area contributed by atoms with Crippen LogP contribution in [0.3, 0.4) is 0 Å². The molecule has 7 heteroatoms. The van der Waals surface area contributed by atoms with Crippen molar-refractivity contribution in [2.45, 2.75) is 6.92 Å². The van der Waals surface area contributed by atoms with E-state index < -0.39 is 0 Å². The molecule has 0 spiro atoms. The van der Waals surface area contributed by atoms with Gasteiger partial charge in [-0.3, -0.25) is 4.79 Å². The van der Waals surface area contributed by atoms with Crippen LogP contribution in [0.5, 0.6) is 0 Å². The van der Waals surface area contributed by atoms with Gasteiger partial charge in [0.1, 0.15) is 5.69 Å². The number of nitrogens with zero attached hydrogens (tertiary/aromatic N) is 2. The fourth-order valence-electron chi connectivity index (χ4n) is 2.99. The van der Waals surface area contributed by atoms with Gasteiger partial charge in [-0.15, -0.1) is 0 Å². The molecule has 0 radical (unpaired) electrons. The van der Waals surface area contributed by atoms with Crippen LogP contribution >= 0.6 is 46.4 Å². The van der Waals surface area contributed by atoms with Crippen molar-refractivity contribution in [3.05, 3.63) is 85.8 Å². The number of hydrogen-bond donors (Lipinski definition) is 0. The molecule has 4 aromatic rings. The summed E-state index contributed by atoms with van der Waals surface area (Å²) in [4.78, 5) is 13.2. The minimum atomic E-state index is -0.305. The Morgan fingerprint density at radius 2 is 1.50 bits per heavy atom. The van der Waals surface area contributed by atoms with Crippen LogP contribution in [0, 0.1) is 6.92 Å². The molecule has 1 aromatic heterocycles. The minimum absolute atomic E-state index is 0.305. The molecule has 0 saturated carbocycles. The van der Waals surface area contributed by atoms with Gasteiger partial charge in [0.2, 0.25) is 0 Å². The number of benzene rings is 3. The normalized spacial score (nSPS) is 11.2. The largest absolute Gasteiger partial charge is 0.278 e. The maximum absolute atomic E-state index is 13.2. The van der Waals surface area contributed by atoms with Crippen molar-refractivity contribution in [2.75, 3.05) is 0 Å². The summed E-state index contributed by atoms with van der Waals surface area (Å²) in [7, 11) is 0. The minimum Gasteiger partial charge on any atom is -0.267 e. The number of rotatable bonds is 2. The maximum Gasteiger partial charge on any atom is 0.278 e. The molecule has 0 N–H and O–H groups in total. The molecule has 0 aliphatic carbocycles. The summed E-state index contributed by atoms with van der Waals surface area (Å²) in [5.74, 6) is -0.305. The number of fused-ring (bicyclic) bond motifs is 1. The lowest BCUT2D eigenvalue weighted by Gasteiger charge is -2.04. The fraction of sp³-hybridized carbons (Fsp3) is 0.0476. The highest BCUT2D eigenvalue weighted by Gasteiger charge is 2.19. The highest BCUT2D eigenvalue weighted by atomic mass is 35.5. The second-order valence-electron chi connectivity index (χ2n) is 6.34. The van der Waals surface area contributed by atoms with Crippen LogP contribution in [0.25, 0.3) is 22.2 Å². The first-order valence-electron chi connectivity index (χ1n) is 8.29. The molecule has 0 amide bonds. The van der Waals surface area contributed by atoms with E-state index >= 15 is 0 Å². The van der Waals surface area contributed by atoms with Crippen molar-refractivity contribution >= 4 is 63.2 Å². The molecule has 0 bridgehead atoms. The maximum atomic E-state index is 13.2. The summed E-state index contributed by atoms with van der Waals surface area (Å²) in [6.45, 7) is 1.96. The molecule has 0 fully saturated rings. The molecule has 3 nitrogen and oxygen atoms in total. The number of carbonyl (C=O) groups excluding carboxylic acids is 1. The van der Waals surface area contributed by atoms with E-state index in [0.29, 0.717) is 36.9 Å². The SMILES string of the molecule is Cc1ccc2c(-c3ccc(Cl)c(Cl)c3)nn(C(=O)c3ccc(Cl)c(Cl)c3)c2c1. The molecule has 0 saturated heterocycles. The molecule has 28 heavy (non-hydrogen) atoms. The van der Waals surface area contributed by atoms with Crippen LogP contribution < -0.4 is 0 Å². The van der Waals surface area contributed by atoms with Crippen LogP contribution in [0.1, 0.15) is 15.9 Å². The third-order valence-electron chi connectivity index (χ3n) is 4.39. The Morgan fingerprint density at radius 3 is 2.18 bits per heavy atom. The van der Waals surface area contributed by atoms with E-state index in [2.05, 4.69) is 5.10 Å². The van der Waals surface area contributed by atoms with Crippen molar-refractivity contribution in [1.82, 2.24) is 9.78 Å². The van der Waals surface area contributed by atoms with Crippen LogP contribution in [0.4, 0.5) is 0 Å². The summed E-state index contributed by atoms with van der Waals surface area (Å²) in [6, 6.07) is 15.8. The lowest BCUT2D eigenvalue weighted by Crippen LogP contribution is -2.13. The molecule has 140 valence electrons. The van der Waals surface area contributed by atoms with Crippen LogP contribution in [-0.2, 0) is 0 Å².